The Kier molecular flexibility index (Phi) is 5.76. The number of nitrogens with two attached hydrogens (primary N) is 1. The van der Waals surface area contributed by atoms with Crippen molar-refractivity contribution in [1.82, 2.24) is 9.80 Å². The van der Waals surface area contributed by atoms with Crippen LogP contribution in [-0.2, 0) is 11.2 Å². The lowest BCUT2D eigenvalue weighted by atomic mass is 10.1. The van der Waals surface area contributed by atoms with Gasteiger partial charge in [0.25, 0.3) is 0 Å². The highest BCUT2D eigenvalue weighted by atomic mass is 16.2. The summed E-state index contributed by atoms with van der Waals surface area (Å²) < 4.78 is 0. The van der Waals surface area contributed by atoms with Crippen LogP contribution in [0.3, 0.4) is 0 Å². The summed E-state index contributed by atoms with van der Waals surface area (Å²) in [5.74, 6) is 0.0433. The van der Waals surface area contributed by atoms with Crippen LogP contribution in [0.4, 0.5) is 0 Å². The molecule has 0 radical (unpaired) electrons. The van der Waals surface area contributed by atoms with Crippen molar-refractivity contribution in [1.29, 1.82) is 0 Å². The molecule has 116 valence electrons. The molecule has 4 nitrogen and oxygen atoms in total. The monoisotopic (exact) mass is 289 g/mol. The van der Waals surface area contributed by atoms with Gasteiger partial charge in [-0.2, -0.15) is 0 Å². The normalized spacial score (nSPS) is 20.4. The fraction of sp³-hybridized carbons (Fsp3) is 0.588. The van der Waals surface area contributed by atoms with Crippen molar-refractivity contribution in [2.45, 2.75) is 38.3 Å². The maximum atomic E-state index is 12.4. The van der Waals surface area contributed by atoms with Crippen LogP contribution in [0, 0.1) is 0 Å². The fourth-order valence-electron chi connectivity index (χ4n) is 3.16. The highest BCUT2D eigenvalue weighted by molar-refractivity contribution is 5.81. The van der Waals surface area contributed by atoms with Crippen molar-refractivity contribution < 1.29 is 4.79 Å². The molecule has 2 atom stereocenters. The fourth-order valence-corrected chi connectivity index (χ4v) is 3.16. The van der Waals surface area contributed by atoms with Crippen LogP contribution >= 0.6 is 0 Å². The smallest absolute Gasteiger partial charge is 0.239 e. The van der Waals surface area contributed by atoms with Crippen LogP contribution in [0.1, 0.15) is 25.3 Å². The molecule has 0 saturated carbocycles. The molecule has 1 saturated heterocycles. The van der Waals surface area contributed by atoms with E-state index in [4.69, 9.17) is 5.73 Å². The molecule has 21 heavy (non-hydrogen) atoms. The van der Waals surface area contributed by atoms with E-state index in [2.05, 4.69) is 11.8 Å². The number of carbonyl (C=O) groups is 1. The lowest BCUT2D eigenvalue weighted by Crippen LogP contribution is -2.47. The van der Waals surface area contributed by atoms with Crippen molar-refractivity contribution in [3.8, 4) is 0 Å². The zero-order valence-electron chi connectivity index (χ0n) is 13.2. The predicted molar refractivity (Wildman–Crippen MR) is 86.0 cm³/mol. The molecule has 0 bridgehead atoms. The van der Waals surface area contributed by atoms with Gasteiger partial charge in [-0.3, -0.25) is 9.69 Å². The summed E-state index contributed by atoms with van der Waals surface area (Å²) in [5.41, 5.74) is 7.20. The van der Waals surface area contributed by atoms with Crippen LogP contribution in [0.15, 0.2) is 30.3 Å². The molecule has 2 rings (SSSR count). The van der Waals surface area contributed by atoms with E-state index in [9.17, 15) is 4.79 Å². The first-order valence-corrected chi connectivity index (χ1v) is 7.90. The summed E-state index contributed by atoms with van der Waals surface area (Å²) in [5, 5.41) is 0. The summed E-state index contributed by atoms with van der Waals surface area (Å²) in [6.45, 7) is 5.18. The quantitative estimate of drug-likeness (QED) is 0.863. The standard InChI is InChI=1S/C17H27N3O/c1-3-20-11-7-10-15(20)13-19(2)17(21)16(18)12-14-8-5-4-6-9-14/h4-6,8-9,15-16H,3,7,10-13,18H2,1-2H3. The molecule has 1 heterocycles. The highest BCUT2D eigenvalue weighted by Crippen LogP contribution is 2.17. The summed E-state index contributed by atoms with van der Waals surface area (Å²) in [6.07, 6.45) is 3.02. The molecule has 1 amide bonds. The first-order valence-electron chi connectivity index (χ1n) is 7.90. The van der Waals surface area contributed by atoms with Gasteiger partial charge in [-0.15, -0.1) is 0 Å². The largest absolute Gasteiger partial charge is 0.343 e. The molecule has 1 fully saturated rings. The van der Waals surface area contributed by atoms with Crippen molar-refractivity contribution in [2.75, 3.05) is 26.7 Å². The van der Waals surface area contributed by atoms with E-state index in [1.807, 2.05) is 42.3 Å². The number of likely N-dealkylation sites (tertiary alicyclic amines) is 1. The van der Waals surface area contributed by atoms with E-state index in [1.165, 1.54) is 12.8 Å². The zero-order valence-corrected chi connectivity index (χ0v) is 13.2. The van der Waals surface area contributed by atoms with Crippen LogP contribution < -0.4 is 5.73 Å². The summed E-state index contributed by atoms with van der Waals surface area (Å²) in [4.78, 5) is 16.7. The Bertz CT molecular complexity index is 449. The molecule has 0 spiro atoms. The van der Waals surface area contributed by atoms with Gasteiger partial charge >= 0.3 is 0 Å². The van der Waals surface area contributed by atoms with Crippen LogP contribution in [0.25, 0.3) is 0 Å². The average Bonchev–Trinajstić information content (AvgIpc) is 2.94. The van der Waals surface area contributed by atoms with E-state index >= 15 is 0 Å². The maximum Gasteiger partial charge on any atom is 0.239 e. The Morgan fingerprint density at radius 3 is 2.81 bits per heavy atom. The second kappa shape index (κ2) is 7.57. The Hall–Kier alpha value is -1.39. The van der Waals surface area contributed by atoms with Gasteiger partial charge in [-0.25, -0.2) is 0 Å². The second-order valence-corrected chi connectivity index (χ2v) is 5.94. The van der Waals surface area contributed by atoms with Crippen molar-refractivity contribution in [2.24, 2.45) is 5.73 Å². The molecule has 1 aromatic rings. The minimum atomic E-state index is -0.450. The van der Waals surface area contributed by atoms with E-state index < -0.39 is 6.04 Å². The van der Waals surface area contributed by atoms with Gasteiger partial charge < -0.3 is 10.6 Å². The first kappa shape index (κ1) is 16.0. The van der Waals surface area contributed by atoms with Gasteiger partial charge in [0.1, 0.15) is 0 Å². The molecule has 2 N–H and O–H groups in total. The molecular weight excluding hydrogens is 262 g/mol. The van der Waals surface area contributed by atoms with Crippen LogP contribution in [-0.4, -0.2) is 54.5 Å². The topological polar surface area (TPSA) is 49.6 Å². The van der Waals surface area contributed by atoms with Crippen LogP contribution in [0.2, 0.25) is 0 Å². The molecule has 2 unspecified atom stereocenters. The first-order chi connectivity index (χ1) is 10.1. The number of hydrogen-bond acceptors (Lipinski definition) is 3. The van der Waals surface area contributed by atoms with E-state index in [0.29, 0.717) is 12.5 Å². The number of benzene rings is 1. The number of rotatable bonds is 6. The lowest BCUT2D eigenvalue weighted by molar-refractivity contribution is -0.131. The zero-order chi connectivity index (χ0) is 15.2. The Balaban J connectivity index is 1.86. The molecule has 0 aromatic heterocycles. The van der Waals surface area contributed by atoms with Gasteiger partial charge in [0.15, 0.2) is 0 Å². The molecule has 1 aromatic carbocycles. The van der Waals surface area contributed by atoms with Gasteiger partial charge in [-0.05, 0) is 37.9 Å². The van der Waals surface area contributed by atoms with Gasteiger partial charge in [0.05, 0.1) is 6.04 Å². The molecule has 1 aliphatic rings. The molecular formula is C17H27N3O. The lowest BCUT2D eigenvalue weighted by Gasteiger charge is -2.29. The molecule has 0 aliphatic carbocycles. The molecule has 4 heteroatoms. The number of carbonyl (C=O) groups excluding carboxylic acids is 1. The van der Waals surface area contributed by atoms with Gasteiger partial charge in [0.2, 0.25) is 5.91 Å². The number of hydrogen-bond donors (Lipinski definition) is 1. The van der Waals surface area contributed by atoms with Gasteiger partial charge in [-0.1, -0.05) is 37.3 Å². The number of nitrogens with zero attached hydrogens (tertiary/aromatic N) is 2. The minimum Gasteiger partial charge on any atom is -0.343 e. The summed E-state index contributed by atoms with van der Waals surface area (Å²) in [6, 6.07) is 10.0. The van der Waals surface area contributed by atoms with Crippen molar-refractivity contribution in [3.05, 3.63) is 35.9 Å². The Morgan fingerprint density at radius 2 is 2.14 bits per heavy atom. The third-order valence-corrected chi connectivity index (χ3v) is 4.38. The third-order valence-electron chi connectivity index (χ3n) is 4.38. The maximum absolute atomic E-state index is 12.4. The molecule has 1 aliphatic heterocycles. The summed E-state index contributed by atoms with van der Waals surface area (Å²) >= 11 is 0. The third kappa shape index (κ3) is 4.29. The highest BCUT2D eigenvalue weighted by Gasteiger charge is 2.27. The number of amides is 1. The average molecular weight is 289 g/mol. The van der Waals surface area contributed by atoms with Crippen molar-refractivity contribution in [3.63, 3.8) is 0 Å². The minimum absolute atomic E-state index is 0.0433. The van der Waals surface area contributed by atoms with E-state index in [-0.39, 0.29) is 5.91 Å². The van der Waals surface area contributed by atoms with Crippen molar-refractivity contribution >= 4 is 5.91 Å². The van der Waals surface area contributed by atoms with E-state index in [1.54, 1.807) is 0 Å². The Morgan fingerprint density at radius 1 is 1.43 bits per heavy atom. The Labute approximate surface area is 127 Å². The van der Waals surface area contributed by atoms with Gasteiger partial charge in [0, 0.05) is 19.6 Å². The van der Waals surface area contributed by atoms with E-state index in [0.717, 1.165) is 25.2 Å². The summed E-state index contributed by atoms with van der Waals surface area (Å²) in [7, 11) is 1.87. The number of likely N-dealkylation sites (N-methyl/N-ethyl adjacent to an activating group) is 2. The second-order valence-electron chi connectivity index (χ2n) is 5.94. The van der Waals surface area contributed by atoms with Crippen LogP contribution in [0.5, 0.6) is 0 Å². The SMILES string of the molecule is CCN1CCCC1CN(C)C(=O)C(N)Cc1ccccc1. The predicted octanol–water partition coefficient (Wildman–Crippen LogP) is 1.50.